The van der Waals surface area contributed by atoms with Crippen molar-refractivity contribution >= 4 is 5.78 Å². The van der Waals surface area contributed by atoms with Crippen LogP contribution in [0.25, 0.3) is 0 Å². The number of carbonyl (C=O) groups is 1. The first-order chi connectivity index (χ1) is 10.4. The van der Waals surface area contributed by atoms with E-state index in [1.54, 1.807) is 0 Å². The zero-order chi connectivity index (χ0) is 17.6. The van der Waals surface area contributed by atoms with E-state index in [1.165, 1.54) is 0 Å². The van der Waals surface area contributed by atoms with Gasteiger partial charge in [-0.05, 0) is 22.5 Å². The Kier molecular flexibility index (Phi) is 4.23. The molecule has 0 radical (unpaired) electrons. The minimum Gasteiger partial charge on any atom is -0.381 e. The average Bonchev–Trinajstić information content (AvgIpc) is 2.82. The molecule has 1 aliphatic carbocycles. The van der Waals surface area contributed by atoms with Crippen LogP contribution in [-0.2, 0) is 7.05 Å². The smallest absolute Gasteiger partial charge is 0.175 e. The molecule has 3 nitrogen and oxygen atoms in total. The zero-order valence-corrected chi connectivity index (χ0v) is 15.3. The summed E-state index contributed by atoms with van der Waals surface area (Å²) in [7, 11) is 1.91. The van der Waals surface area contributed by atoms with E-state index >= 15 is 0 Å². The fraction of sp³-hybridized carbons (Fsp3) is 0.550. The second-order valence-electron chi connectivity index (χ2n) is 8.66. The van der Waals surface area contributed by atoms with Crippen molar-refractivity contribution in [1.29, 1.82) is 0 Å². The SMILES string of the molecule is Cn1ccc(C(=O)C2C=CC(O)(C(C)(C)C)C(C(C)(C)C)=C2)c1. The standard InChI is InChI=1S/C20H29NO2/c1-18(2,3)16-12-14(8-10-20(16,23)19(4,5)6)17(22)15-9-11-21(7)13-15/h8-14,23H,1-7H3. The van der Waals surface area contributed by atoms with E-state index in [2.05, 4.69) is 20.8 Å². The molecule has 0 aliphatic heterocycles. The number of rotatable bonds is 2. The van der Waals surface area contributed by atoms with Crippen molar-refractivity contribution in [3.05, 3.63) is 47.8 Å². The molecular weight excluding hydrogens is 286 g/mol. The monoisotopic (exact) mass is 315 g/mol. The maximum absolute atomic E-state index is 12.8. The van der Waals surface area contributed by atoms with Crippen molar-refractivity contribution in [3.8, 4) is 0 Å². The maximum Gasteiger partial charge on any atom is 0.175 e. The molecule has 0 fully saturated rings. The van der Waals surface area contributed by atoms with Crippen LogP contribution < -0.4 is 0 Å². The third-order valence-electron chi connectivity index (χ3n) is 4.67. The molecule has 0 spiro atoms. The van der Waals surface area contributed by atoms with Gasteiger partial charge in [0.15, 0.2) is 5.78 Å². The average molecular weight is 315 g/mol. The number of aryl methyl sites for hydroxylation is 1. The Morgan fingerprint density at radius 1 is 1.22 bits per heavy atom. The van der Waals surface area contributed by atoms with Crippen molar-refractivity contribution in [2.45, 2.75) is 47.1 Å². The highest BCUT2D eigenvalue weighted by Gasteiger charge is 2.47. The van der Waals surface area contributed by atoms with Gasteiger partial charge < -0.3 is 9.67 Å². The van der Waals surface area contributed by atoms with Crippen LogP contribution in [0.2, 0.25) is 0 Å². The quantitative estimate of drug-likeness (QED) is 0.658. The van der Waals surface area contributed by atoms with Crippen molar-refractivity contribution in [3.63, 3.8) is 0 Å². The molecule has 1 aromatic rings. The van der Waals surface area contributed by atoms with Crippen LogP contribution in [0.5, 0.6) is 0 Å². The summed E-state index contributed by atoms with van der Waals surface area (Å²) in [6.07, 6.45) is 9.33. The van der Waals surface area contributed by atoms with E-state index in [-0.39, 0.29) is 22.5 Å². The molecule has 0 bridgehead atoms. The van der Waals surface area contributed by atoms with Crippen molar-refractivity contribution in [2.24, 2.45) is 23.8 Å². The van der Waals surface area contributed by atoms with E-state index in [0.29, 0.717) is 5.56 Å². The van der Waals surface area contributed by atoms with Crippen molar-refractivity contribution < 1.29 is 9.90 Å². The lowest BCUT2D eigenvalue weighted by atomic mass is 9.62. The van der Waals surface area contributed by atoms with Crippen molar-refractivity contribution in [1.82, 2.24) is 4.57 Å². The molecule has 1 N–H and O–H groups in total. The van der Waals surface area contributed by atoms with Gasteiger partial charge in [-0.15, -0.1) is 0 Å². The summed E-state index contributed by atoms with van der Waals surface area (Å²) >= 11 is 0. The summed E-state index contributed by atoms with van der Waals surface area (Å²) in [6, 6.07) is 1.84. The minimum absolute atomic E-state index is 0.0690. The largest absolute Gasteiger partial charge is 0.381 e. The first kappa shape index (κ1) is 17.7. The van der Waals surface area contributed by atoms with Crippen LogP contribution in [0.1, 0.15) is 51.9 Å². The number of hydrogen-bond acceptors (Lipinski definition) is 2. The molecule has 1 aromatic heterocycles. The molecule has 2 unspecified atom stereocenters. The van der Waals surface area contributed by atoms with E-state index in [4.69, 9.17) is 0 Å². The Hall–Kier alpha value is -1.61. The zero-order valence-electron chi connectivity index (χ0n) is 15.3. The van der Waals surface area contributed by atoms with Gasteiger partial charge in [-0.25, -0.2) is 0 Å². The van der Waals surface area contributed by atoms with Crippen molar-refractivity contribution in [2.75, 3.05) is 0 Å². The molecule has 23 heavy (non-hydrogen) atoms. The number of hydrogen-bond donors (Lipinski definition) is 1. The van der Waals surface area contributed by atoms with Gasteiger partial charge in [0.1, 0.15) is 5.60 Å². The molecule has 2 atom stereocenters. The highest BCUT2D eigenvalue weighted by atomic mass is 16.3. The molecule has 126 valence electrons. The van der Waals surface area contributed by atoms with Gasteiger partial charge in [-0.2, -0.15) is 0 Å². The Morgan fingerprint density at radius 3 is 2.26 bits per heavy atom. The van der Waals surface area contributed by atoms with E-state index in [1.807, 2.05) is 69.1 Å². The summed E-state index contributed by atoms with van der Waals surface area (Å²) in [5.74, 6) is -0.256. The van der Waals surface area contributed by atoms with Gasteiger partial charge in [0.2, 0.25) is 0 Å². The van der Waals surface area contributed by atoms with E-state index < -0.39 is 5.60 Å². The van der Waals surface area contributed by atoms with Crippen LogP contribution in [0.15, 0.2) is 42.3 Å². The highest BCUT2D eigenvalue weighted by molar-refractivity contribution is 6.00. The molecule has 0 saturated carbocycles. The number of allylic oxidation sites excluding steroid dienone is 2. The first-order valence-electron chi connectivity index (χ1n) is 8.17. The molecule has 1 heterocycles. The molecule has 1 aliphatic rings. The third kappa shape index (κ3) is 3.20. The maximum atomic E-state index is 12.8. The topological polar surface area (TPSA) is 42.2 Å². The molecular formula is C20H29NO2. The van der Waals surface area contributed by atoms with Crippen LogP contribution in [-0.4, -0.2) is 21.1 Å². The van der Waals surface area contributed by atoms with Gasteiger partial charge in [-0.3, -0.25) is 4.79 Å². The normalized spacial score (nSPS) is 25.4. The lowest BCUT2D eigenvalue weighted by Gasteiger charge is -2.47. The summed E-state index contributed by atoms with van der Waals surface area (Å²) in [6.45, 7) is 12.3. The van der Waals surface area contributed by atoms with Gasteiger partial charge in [0.05, 0.1) is 5.92 Å². The second-order valence-corrected chi connectivity index (χ2v) is 8.66. The molecule has 0 aromatic carbocycles. The lowest BCUT2D eigenvalue weighted by molar-refractivity contribution is 0.00279. The fourth-order valence-electron chi connectivity index (χ4n) is 3.18. The highest BCUT2D eigenvalue weighted by Crippen LogP contribution is 2.47. The van der Waals surface area contributed by atoms with Crippen LogP contribution in [0.3, 0.4) is 0 Å². The number of Topliss-reactive ketones (excluding diaryl/α,β-unsaturated/α-hetero) is 1. The first-order valence-corrected chi connectivity index (χ1v) is 8.17. The van der Waals surface area contributed by atoms with Crippen LogP contribution in [0, 0.1) is 16.7 Å². The van der Waals surface area contributed by atoms with Gasteiger partial charge in [0.25, 0.3) is 0 Å². The number of aromatic nitrogens is 1. The van der Waals surface area contributed by atoms with Gasteiger partial charge in [-0.1, -0.05) is 59.8 Å². The number of aliphatic hydroxyl groups is 1. The predicted molar refractivity (Wildman–Crippen MR) is 94.3 cm³/mol. The summed E-state index contributed by atoms with van der Waals surface area (Å²) in [5.41, 5.74) is 0.00605. The van der Waals surface area contributed by atoms with Crippen LogP contribution >= 0.6 is 0 Å². The summed E-state index contributed by atoms with van der Waals surface area (Å²) in [5, 5.41) is 11.3. The molecule has 0 saturated heterocycles. The molecule has 0 amide bonds. The summed E-state index contributed by atoms with van der Waals surface area (Å²) in [4.78, 5) is 12.8. The number of ketones is 1. The lowest BCUT2D eigenvalue weighted by Crippen LogP contribution is -2.48. The molecule has 3 heteroatoms. The Bertz CT molecular complexity index is 665. The summed E-state index contributed by atoms with van der Waals surface area (Å²) < 4.78 is 1.87. The molecule has 2 rings (SSSR count). The van der Waals surface area contributed by atoms with Gasteiger partial charge in [0, 0.05) is 25.0 Å². The van der Waals surface area contributed by atoms with E-state index in [0.717, 1.165) is 5.57 Å². The van der Waals surface area contributed by atoms with Gasteiger partial charge >= 0.3 is 0 Å². The van der Waals surface area contributed by atoms with E-state index in [9.17, 15) is 9.90 Å². The Morgan fingerprint density at radius 2 is 1.83 bits per heavy atom. The number of nitrogens with zero attached hydrogens (tertiary/aromatic N) is 1. The third-order valence-corrected chi connectivity index (χ3v) is 4.67. The Labute approximate surface area is 139 Å². The predicted octanol–water partition coefficient (Wildman–Crippen LogP) is 4.14. The fourth-order valence-corrected chi connectivity index (χ4v) is 3.18. The number of carbonyl (C=O) groups excluding carboxylic acids is 1. The second kappa shape index (κ2) is 5.48. The van der Waals surface area contributed by atoms with Crippen LogP contribution in [0.4, 0.5) is 0 Å². The minimum atomic E-state index is -1.04. The Balaban J connectivity index is 2.46.